The first-order valence-corrected chi connectivity index (χ1v) is 28.1. The molecule has 392 valence electrons. The number of para-hydroxylation sites is 1. The maximum atomic E-state index is 6.30. The van der Waals surface area contributed by atoms with Crippen LogP contribution in [0.3, 0.4) is 0 Å². The second-order valence-corrected chi connectivity index (χ2v) is 21.2. The summed E-state index contributed by atoms with van der Waals surface area (Å²) in [6.07, 6.45) is 5.75. The Labute approximate surface area is 475 Å². The Bertz CT molecular complexity index is 4160. The lowest BCUT2D eigenvalue weighted by molar-refractivity contribution is 0.107. The molecule has 1 heterocycles. The first kappa shape index (κ1) is 50.9. The van der Waals surface area contributed by atoms with Gasteiger partial charge in [-0.25, -0.2) is 0 Å². The van der Waals surface area contributed by atoms with Crippen LogP contribution in [-0.2, 0) is 42.3 Å². The summed E-state index contributed by atoms with van der Waals surface area (Å²) in [7, 11) is 0. The van der Waals surface area contributed by atoms with Crippen LogP contribution in [0.15, 0.2) is 274 Å². The number of nitrogens with zero attached hydrogens (tertiary/aromatic N) is 2. The normalized spacial score (nSPS) is 12.9. The predicted molar refractivity (Wildman–Crippen MR) is 338 cm³/mol. The van der Waals surface area contributed by atoms with Crippen molar-refractivity contribution in [1.82, 2.24) is 4.57 Å². The van der Waals surface area contributed by atoms with Gasteiger partial charge in [0.15, 0.2) is 0 Å². The van der Waals surface area contributed by atoms with E-state index in [0.717, 1.165) is 80.1 Å². The van der Waals surface area contributed by atoms with Crippen molar-refractivity contribution in [2.24, 2.45) is 0 Å². The fourth-order valence-electron chi connectivity index (χ4n) is 11.8. The number of hydrogen-bond donors (Lipinski definition) is 0. The van der Waals surface area contributed by atoms with Crippen LogP contribution in [0.4, 0.5) is 17.1 Å². The number of aromatic nitrogens is 1. The number of aryl methyl sites for hydroxylation is 1. The van der Waals surface area contributed by atoms with Crippen LogP contribution >= 0.6 is 0 Å². The number of benzene rings is 11. The molecule has 11 aromatic carbocycles. The zero-order chi connectivity index (χ0) is 54.5. The maximum absolute atomic E-state index is 6.30. The summed E-state index contributed by atoms with van der Waals surface area (Å²) in [5, 5.41) is 2.40. The molecular weight excluding hydrogens is 985 g/mol. The van der Waals surface area contributed by atoms with E-state index in [0.29, 0.717) is 26.4 Å². The van der Waals surface area contributed by atoms with Gasteiger partial charge in [-0.15, -0.1) is 0 Å². The number of ether oxygens (including phenoxy) is 2. The molecule has 1 aliphatic rings. The Morgan fingerprint density at radius 2 is 0.889 bits per heavy atom. The molecule has 0 fully saturated rings. The number of anilines is 3. The SMILES string of the molecule is C=Cc1ccc(COCc2ccc(C3CCc4ccccc4-c4cc(N(c5ccc(-c6ccccc6)cc5)c5ccc(-c6ccc7c(c6)c6cc(COCc8ccc(C=C)cc8)ccc6n7-c6ccccc6)cc5)ccc43)cc2)cc1. The van der Waals surface area contributed by atoms with E-state index in [1.165, 1.54) is 60.8 Å². The Morgan fingerprint density at radius 3 is 1.51 bits per heavy atom. The first-order chi connectivity index (χ1) is 40.0. The van der Waals surface area contributed by atoms with E-state index in [1.54, 1.807) is 0 Å². The third-order valence-electron chi connectivity index (χ3n) is 16.1. The van der Waals surface area contributed by atoms with Gasteiger partial charge in [0.05, 0.1) is 37.5 Å². The van der Waals surface area contributed by atoms with Gasteiger partial charge in [0.25, 0.3) is 0 Å². The topological polar surface area (TPSA) is 26.6 Å². The Morgan fingerprint density at radius 1 is 0.407 bits per heavy atom. The smallest absolute Gasteiger partial charge is 0.0721 e. The average Bonchev–Trinajstić information content (AvgIpc) is 3.84. The van der Waals surface area contributed by atoms with Gasteiger partial charge in [-0.05, 0) is 169 Å². The van der Waals surface area contributed by atoms with E-state index < -0.39 is 0 Å². The van der Waals surface area contributed by atoms with Crippen molar-refractivity contribution < 1.29 is 9.47 Å². The molecule has 0 bridgehead atoms. The molecule has 0 saturated heterocycles. The summed E-state index contributed by atoms with van der Waals surface area (Å²) in [6.45, 7) is 9.96. The molecule has 0 amide bonds. The Hall–Kier alpha value is -9.58. The van der Waals surface area contributed by atoms with Gasteiger partial charge in [-0.2, -0.15) is 0 Å². The molecule has 1 atom stereocenters. The second-order valence-electron chi connectivity index (χ2n) is 21.2. The van der Waals surface area contributed by atoms with Gasteiger partial charge < -0.3 is 18.9 Å². The number of hydrogen-bond acceptors (Lipinski definition) is 3. The lowest BCUT2D eigenvalue weighted by Gasteiger charge is -2.28. The lowest BCUT2D eigenvalue weighted by Crippen LogP contribution is -2.11. The highest BCUT2D eigenvalue weighted by atomic mass is 16.5. The van der Waals surface area contributed by atoms with Gasteiger partial charge in [0, 0.05) is 39.4 Å². The van der Waals surface area contributed by atoms with Gasteiger partial charge >= 0.3 is 0 Å². The summed E-state index contributed by atoms with van der Waals surface area (Å²) in [6, 6.07) is 95.2. The van der Waals surface area contributed by atoms with Crippen molar-refractivity contribution in [3.8, 4) is 39.1 Å². The largest absolute Gasteiger partial charge is 0.372 e. The lowest BCUT2D eigenvalue weighted by atomic mass is 9.85. The van der Waals surface area contributed by atoms with Crippen LogP contribution < -0.4 is 4.90 Å². The summed E-state index contributed by atoms with van der Waals surface area (Å²) < 4.78 is 14.9. The average molecular weight is 1050 g/mol. The highest BCUT2D eigenvalue weighted by Crippen LogP contribution is 2.46. The highest BCUT2D eigenvalue weighted by molar-refractivity contribution is 6.10. The first-order valence-electron chi connectivity index (χ1n) is 28.1. The van der Waals surface area contributed by atoms with E-state index in [9.17, 15) is 0 Å². The minimum absolute atomic E-state index is 0.225. The molecule has 0 N–H and O–H groups in total. The van der Waals surface area contributed by atoms with Crippen LogP contribution in [0, 0.1) is 0 Å². The van der Waals surface area contributed by atoms with Crippen LogP contribution in [0.2, 0.25) is 0 Å². The minimum atomic E-state index is 0.225. The molecule has 4 nitrogen and oxygen atoms in total. The van der Waals surface area contributed by atoms with Crippen molar-refractivity contribution >= 4 is 51.0 Å². The van der Waals surface area contributed by atoms with E-state index in [4.69, 9.17) is 9.47 Å². The Balaban J connectivity index is 0.838. The van der Waals surface area contributed by atoms with Crippen molar-refractivity contribution in [2.75, 3.05) is 4.90 Å². The van der Waals surface area contributed by atoms with Gasteiger partial charge in [-0.1, -0.05) is 213 Å². The quantitative estimate of drug-likeness (QED) is 0.0909. The molecule has 12 aromatic rings. The molecule has 1 unspecified atom stereocenters. The summed E-state index contributed by atoms with van der Waals surface area (Å²) >= 11 is 0. The molecule has 1 aromatic heterocycles. The number of fused-ring (bicyclic) bond motifs is 6. The number of rotatable bonds is 17. The van der Waals surface area contributed by atoms with Gasteiger partial charge in [-0.3, -0.25) is 0 Å². The molecule has 13 rings (SSSR count). The molecule has 4 heteroatoms. The van der Waals surface area contributed by atoms with E-state index in [1.807, 2.05) is 12.2 Å². The van der Waals surface area contributed by atoms with Crippen LogP contribution in [0.25, 0.3) is 73.0 Å². The minimum Gasteiger partial charge on any atom is -0.372 e. The zero-order valence-corrected chi connectivity index (χ0v) is 45.4. The molecular formula is C77H62N2O2. The van der Waals surface area contributed by atoms with Crippen molar-refractivity contribution in [1.29, 1.82) is 0 Å². The Kier molecular flexibility index (Phi) is 14.5. The molecule has 0 radical (unpaired) electrons. The molecule has 81 heavy (non-hydrogen) atoms. The van der Waals surface area contributed by atoms with Gasteiger partial charge in [0.1, 0.15) is 0 Å². The zero-order valence-electron chi connectivity index (χ0n) is 45.4. The fourth-order valence-corrected chi connectivity index (χ4v) is 11.8. The summed E-state index contributed by atoms with van der Waals surface area (Å²) in [4.78, 5) is 2.42. The predicted octanol–water partition coefficient (Wildman–Crippen LogP) is 20.1. The third-order valence-corrected chi connectivity index (χ3v) is 16.1. The summed E-state index contributed by atoms with van der Waals surface area (Å²) in [5.41, 5.74) is 24.9. The second kappa shape index (κ2) is 23.0. The van der Waals surface area contributed by atoms with Crippen LogP contribution in [-0.4, -0.2) is 4.57 Å². The highest BCUT2D eigenvalue weighted by Gasteiger charge is 2.26. The van der Waals surface area contributed by atoms with Crippen molar-refractivity contribution in [3.63, 3.8) is 0 Å². The standard InChI is InChI=1S/C77H62N2O2/c1-3-54-19-23-56(24-20-54)50-80-52-58-27-30-64(31-28-58)71-43-36-63-15-11-12-18-70(63)73-49-69(42-44-72(71)73)78(67-38-32-61(33-39-67)60-13-7-5-8-14-60)68-40-34-62(35-41-68)65-37-46-77-75(48-65)74-47-59(53-81-51-57-25-21-55(4-2)22-26-57)29-45-76(74)79(77)66-16-9-6-10-17-66/h3-35,37-42,44-49,71H,1-2,36,43,50-53H2. The summed E-state index contributed by atoms with van der Waals surface area (Å²) in [5.74, 6) is 0.225. The molecule has 0 spiro atoms. The van der Waals surface area contributed by atoms with Crippen molar-refractivity contribution in [2.45, 2.75) is 45.2 Å². The van der Waals surface area contributed by atoms with Crippen LogP contribution in [0.5, 0.6) is 0 Å². The van der Waals surface area contributed by atoms with E-state index in [2.05, 4.69) is 283 Å². The van der Waals surface area contributed by atoms with E-state index >= 15 is 0 Å². The van der Waals surface area contributed by atoms with Crippen molar-refractivity contribution in [3.05, 3.63) is 324 Å². The molecule has 0 saturated carbocycles. The fraction of sp³-hybridized carbons (Fsp3) is 0.0909. The maximum Gasteiger partial charge on any atom is 0.0721 e. The van der Waals surface area contributed by atoms with Crippen LogP contribution in [0.1, 0.15) is 62.4 Å². The van der Waals surface area contributed by atoms with Gasteiger partial charge in [0.2, 0.25) is 0 Å². The molecule has 1 aliphatic carbocycles. The monoisotopic (exact) mass is 1050 g/mol. The molecule has 0 aliphatic heterocycles. The third kappa shape index (κ3) is 10.7. The van der Waals surface area contributed by atoms with E-state index in [-0.39, 0.29) is 5.92 Å².